The first-order chi connectivity index (χ1) is 13.2. The summed E-state index contributed by atoms with van der Waals surface area (Å²) in [7, 11) is -3.93. The summed E-state index contributed by atoms with van der Waals surface area (Å²) < 4.78 is 32.1. The largest absolute Gasteiger partial charge is 0.492 e. The Hall–Kier alpha value is -1.51. The maximum absolute atomic E-state index is 12.9. The Bertz CT molecular complexity index is 967. The summed E-state index contributed by atoms with van der Waals surface area (Å²) >= 11 is 17.9. The van der Waals surface area contributed by atoms with Crippen LogP contribution < -0.4 is 10.1 Å². The van der Waals surface area contributed by atoms with Gasteiger partial charge in [0.15, 0.2) is 0 Å². The minimum absolute atomic E-state index is 0.0277. The Morgan fingerprint density at radius 1 is 1.07 bits per heavy atom. The lowest BCUT2D eigenvalue weighted by atomic mass is 10.3. The summed E-state index contributed by atoms with van der Waals surface area (Å²) in [5, 5.41) is 3.44. The lowest BCUT2D eigenvalue weighted by Crippen LogP contribution is -2.37. The molecular formula is C18H19Cl3N2O4S. The quantitative estimate of drug-likeness (QED) is 0.613. The van der Waals surface area contributed by atoms with E-state index >= 15 is 0 Å². The average Bonchev–Trinajstić information content (AvgIpc) is 2.63. The third kappa shape index (κ3) is 5.52. The van der Waals surface area contributed by atoms with Crippen molar-refractivity contribution in [1.29, 1.82) is 0 Å². The van der Waals surface area contributed by atoms with Crippen molar-refractivity contribution in [3.63, 3.8) is 0 Å². The predicted octanol–water partition coefficient (Wildman–Crippen LogP) is 4.69. The van der Waals surface area contributed by atoms with E-state index in [1.165, 1.54) is 24.3 Å². The fourth-order valence-electron chi connectivity index (χ4n) is 2.37. The first-order valence-electron chi connectivity index (χ1n) is 8.36. The van der Waals surface area contributed by atoms with Gasteiger partial charge in [0.05, 0.1) is 33.8 Å². The number of ether oxygens (including phenoxy) is 1. The smallest absolute Gasteiger partial charge is 0.243 e. The van der Waals surface area contributed by atoms with Crippen LogP contribution in [0.5, 0.6) is 5.75 Å². The van der Waals surface area contributed by atoms with Gasteiger partial charge >= 0.3 is 0 Å². The summed E-state index contributed by atoms with van der Waals surface area (Å²) in [6.45, 7) is 3.54. The predicted molar refractivity (Wildman–Crippen MR) is 112 cm³/mol. The summed E-state index contributed by atoms with van der Waals surface area (Å²) in [5.41, 5.74) is 0.341. The third-order valence-corrected chi connectivity index (χ3v) is 6.48. The van der Waals surface area contributed by atoms with E-state index < -0.39 is 15.9 Å². The number of rotatable bonds is 8. The van der Waals surface area contributed by atoms with Crippen molar-refractivity contribution >= 4 is 56.4 Å². The molecular weight excluding hydrogens is 447 g/mol. The highest BCUT2D eigenvalue weighted by Crippen LogP contribution is 2.29. The van der Waals surface area contributed by atoms with Gasteiger partial charge in [-0.3, -0.25) is 4.79 Å². The van der Waals surface area contributed by atoms with Gasteiger partial charge in [0.25, 0.3) is 0 Å². The molecule has 0 aromatic heterocycles. The maximum Gasteiger partial charge on any atom is 0.243 e. The number of hydrogen-bond acceptors (Lipinski definition) is 4. The minimum Gasteiger partial charge on any atom is -0.492 e. The van der Waals surface area contributed by atoms with Crippen molar-refractivity contribution < 1.29 is 17.9 Å². The van der Waals surface area contributed by atoms with Gasteiger partial charge in [0.1, 0.15) is 5.75 Å². The topological polar surface area (TPSA) is 75.7 Å². The average molecular weight is 466 g/mol. The van der Waals surface area contributed by atoms with E-state index in [-0.39, 0.29) is 28.0 Å². The van der Waals surface area contributed by atoms with E-state index in [0.717, 1.165) is 4.31 Å². The second kappa shape index (κ2) is 9.80. The van der Waals surface area contributed by atoms with Crippen molar-refractivity contribution in [1.82, 2.24) is 4.31 Å². The number of amides is 1. The zero-order valence-corrected chi connectivity index (χ0v) is 18.3. The molecule has 0 spiro atoms. The van der Waals surface area contributed by atoms with E-state index in [1.807, 2.05) is 0 Å². The van der Waals surface area contributed by atoms with Crippen molar-refractivity contribution in [2.75, 3.05) is 25.0 Å². The van der Waals surface area contributed by atoms with Crippen LogP contribution >= 0.6 is 34.8 Å². The first-order valence-corrected chi connectivity index (χ1v) is 10.9. The van der Waals surface area contributed by atoms with Crippen LogP contribution in [0.3, 0.4) is 0 Å². The fourth-order valence-corrected chi connectivity index (χ4v) is 4.56. The standard InChI is InChI=1S/C18H19Cl3N2O4S/c1-3-23(11-18(24)22-16-7-5-12(19)9-14(16)20)28(25,26)13-6-8-17(27-4-2)15(21)10-13/h5-10H,3-4,11H2,1-2H3,(H,22,24). The number of likely N-dealkylation sites (N-methyl/N-ethyl adjacent to an activating group) is 1. The fraction of sp³-hybridized carbons (Fsp3) is 0.278. The molecule has 0 radical (unpaired) electrons. The highest BCUT2D eigenvalue weighted by atomic mass is 35.5. The van der Waals surface area contributed by atoms with E-state index in [0.29, 0.717) is 23.1 Å². The number of anilines is 1. The Labute approximate surface area is 179 Å². The normalized spacial score (nSPS) is 11.5. The molecule has 0 heterocycles. The van der Waals surface area contributed by atoms with Gasteiger partial charge in [-0.1, -0.05) is 41.7 Å². The number of hydrogen-bond donors (Lipinski definition) is 1. The number of carbonyl (C=O) groups is 1. The molecule has 1 amide bonds. The number of nitrogens with zero attached hydrogens (tertiary/aromatic N) is 1. The van der Waals surface area contributed by atoms with Gasteiger partial charge in [0.2, 0.25) is 15.9 Å². The summed E-state index contributed by atoms with van der Waals surface area (Å²) in [4.78, 5) is 12.3. The van der Waals surface area contributed by atoms with Gasteiger partial charge in [-0.15, -0.1) is 0 Å². The summed E-state index contributed by atoms with van der Waals surface area (Å²) in [6, 6.07) is 8.77. The Morgan fingerprint density at radius 3 is 2.36 bits per heavy atom. The molecule has 0 atom stereocenters. The van der Waals surface area contributed by atoms with Gasteiger partial charge in [-0.05, 0) is 43.3 Å². The molecule has 0 unspecified atom stereocenters. The van der Waals surface area contributed by atoms with E-state index in [9.17, 15) is 13.2 Å². The molecule has 0 aliphatic heterocycles. The molecule has 0 aliphatic carbocycles. The van der Waals surface area contributed by atoms with Crippen molar-refractivity contribution in [3.05, 3.63) is 51.5 Å². The number of halogens is 3. The lowest BCUT2D eigenvalue weighted by Gasteiger charge is -2.20. The third-order valence-electron chi connectivity index (χ3n) is 3.72. The van der Waals surface area contributed by atoms with Crippen LogP contribution in [0.15, 0.2) is 41.3 Å². The van der Waals surface area contributed by atoms with Crippen molar-refractivity contribution in [2.45, 2.75) is 18.7 Å². The van der Waals surface area contributed by atoms with E-state index in [4.69, 9.17) is 39.5 Å². The highest BCUT2D eigenvalue weighted by molar-refractivity contribution is 7.89. The molecule has 0 fully saturated rings. The van der Waals surface area contributed by atoms with Crippen molar-refractivity contribution in [3.8, 4) is 5.75 Å². The molecule has 0 bridgehead atoms. The van der Waals surface area contributed by atoms with Gasteiger partial charge in [0, 0.05) is 11.6 Å². The summed E-state index contributed by atoms with van der Waals surface area (Å²) in [5.74, 6) is -0.145. The monoisotopic (exact) mass is 464 g/mol. The zero-order chi connectivity index (χ0) is 20.9. The highest BCUT2D eigenvalue weighted by Gasteiger charge is 2.26. The van der Waals surface area contributed by atoms with Crippen LogP contribution in [0.1, 0.15) is 13.8 Å². The number of carbonyl (C=O) groups excluding carboxylic acids is 1. The molecule has 1 N–H and O–H groups in total. The molecule has 0 saturated heterocycles. The van der Waals surface area contributed by atoms with Gasteiger partial charge in [-0.25, -0.2) is 8.42 Å². The molecule has 10 heteroatoms. The minimum atomic E-state index is -3.93. The SMILES string of the molecule is CCOc1ccc(S(=O)(=O)N(CC)CC(=O)Nc2ccc(Cl)cc2Cl)cc1Cl. The first kappa shape index (κ1) is 22.8. The lowest BCUT2D eigenvalue weighted by molar-refractivity contribution is -0.116. The van der Waals surface area contributed by atoms with Crippen LogP contribution in [0, 0.1) is 0 Å². The maximum atomic E-state index is 12.9. The van der Waals surface area contributed by atoms with Crippen LogP contribution in [-0.4, -0.2) is 38.3 Å². The number of sulfonamides is 1. The molecule has 2 aromatic carbocycles. The van der Waals surface area contributed by atoms with Crippen LogP contribution in [-0.2, 0) is 14.8 Å². The van der Waals surface area contributed by atoms with Crippen LogP contribution in [0.25, 0.3) is 0 Å². The van der Waals surface area contributed by atoms with Gasteiger partial charge < -0.3 is 10.1 Å². The van der Waals surface area contributed by atoms with E-state index in [2.05, 4.69) is 5.32 Å². The molecule has 28 heavy (non-hydrogen) atoms. The van der Waals surface area contributed by atoms with Crippen molar-refractivity contribution in [2.24, 2.45) is 0 Å². The molecule has 6 nitrogen and oxygen atoms in total. The molecule has 2 rings (SSSR count). The Morgan fingerprint density at radius 2 is 1.79 bits per heavy atom. The Balaban J connectivity index is 2.18. The van der Waals surface area contributed by atoms with E-state index in [1.54, 1.807) is 26.0 Å². The molecule has 152 valence electrons. The molecule has 2 aromatic rings. The van der Waals surface area contributed by atoms with Gasteiger partial charge in [-0.2, -0.15) is 4.31 Å². The number of nitrogens with one attached hydrogen (secondary N) is 1. The molecule has 0 saturated carbocycles. The van der Waals surface area contributed by atoms with Crippen LogP contribution in [0.4, 0.5) is 5.69 Å². The summed E-state index contributed by atoms with van der Waals surface area (Å²) in [6.07, 6.45) is 0. The zero-order valence-electron chi connectivity index (χ0n) is 15.2. The van der Waals surface area contributed by atoms with Crippen LogP contribution in [0.2, 0.25) is 15.1 Å². The number of benzene rings is 2. The second-order valence-electron chi connectivity index (χ2n) is 5.63. The molecule has 0 aliphatic rings. The second-order valence-corrected chi connectivity index (χ2v) is 8.82. The Kier molecular flexibility index (Phi) is 7.97.